The topological polar surface area (TPSA) is 86.7 Å². The molecule has 0 spiro atoms. The fourth-order valence-corrected chi connectivity index (χ4v) is 4.07. The van der Waals surface area contributed by atoms with Crippen molar-refractivity contribution >= 4 is 10.1 Å². The molecule has 0 aliphatic carbocycles. The molecule has 32 heavy (non-hydrogen) atoms. The van der Waals surface area contributed by atoms with Crippen molar-refractivity contribution in [3.63, 3.8) is 0 Å². The van der Waals surface area contributed by atoms with Gasteiger partial charge in [-0.1, -0.05) is 89.0 Å². The molecule has 0 saturated carbocycles. The Morgan fingerprint density at radius 1 is 0.812 bits per heavy atom. The van der Waals surface area contributed by atoms with Crippen LogP contribution in [-0.4, -0.2) is 13.0 Å². The molecule has 0 aliphatic rings. The average molecular weight is 487 g/mol. The maximum atomic E-state index is 12.0. The summed E-state index contributed by atoms with van der Waals surface area (Å²) in [4.78, 5) is -0.438. The van der Waals surface area contributed by atoms with E-state index < -0.39 is 20.8 Å². The van der Waals surface area contributed by atoms with Gasteiger partial charge in [-0.05, 0) is 48.7 Å². The third kappa shape index (κ3) is 11.6. The SMILES string of the molecule is CCCCCCCCCCCCCc1ccc(Oc2ccc(S(=O)(=O)O)cc2[O-])cc1.[K+]. The van der Waals surface area contributed by atoms with E-state index in [4.69, 9.17) is 9.29 Å². The predicted octanol–water partition coefficient (Wildman–Crippen LogP) is 3.66. The van der Waals surface area contributed by atoms with Crippen molar-refractivity contribution < 1.29 is 74.2 Å². The molecule has 7 heteroatoms. The van der Waals surface area contributed by atoms with Crippen LogP contribution < -0.4 is 61.2 Å². The molecule has 2 aromatic rings. The summed E-state index contributed by atoms with van der Waals surface area (Å²) < 4.78 is 36.7. The molecule has 1 N–H and O–H groups in total. The Balaban J connectivity index is 0.00000512. The van der Waals surface area contributed by atoms with Gasteiger partial charge < -0.3 is 9.84 Å². The number of unbranched alkanes of at least 4 members (excludes halogenated alkanes) is 10. The van der Waals surface area contributed by atoms with E-state index in [2.05, 4.69) is 6.92 Å². The van der Waals surface area contributed by atoms with Gasteiger partial charge in [0.15, 0.2) is 0 Å². The normalized spacial score (nSPS) is 11.2. The van der Waals surface area contributed by atoms with Crippen LogP contribution >= 0.6 is 0 Å². The molecule has 0 aliphatic heterocycles. The molecule has 2 aromatic carbocycles. The molecule has 0 amide bonds. The van der Waals surface area contributed by atoms with Gasteiger partial charge in [-0.25, -0.2) is 0 Å². The second-order valence-electron chi connectivity index (χ2n) is 8.12. The Morgan fingerprint density at radius 3 is 1.84 bits per heavy atom. The van der Waals surface area contributed by atoms with Crippen LogP contribution in [0.2, 0.25) is 0 Å². The Bertz CT molecular complexity index is 882. The largest absolute Gasteiger partial charge is 1.00 e. The van der Waals surface area contributed by atoms with Crippen molar-refractivity contribution in [1.29, 1.82) is 0 Å². The van der Waals surface area contributed by atoms with E-state index in [1.54, 1.807) is 0 Å². The van der Waals surface area contributed by atoms with Crippen LogP contribution in [0.5, 0.6) is 17.2 Å². The average Bonchev–Trinajstić information content (AvgIpc) is 2.74. The first kappa shape index (κ1) is 29.6. The zero-order valence-electron chi connectivity index (χ0n) is 19.5. The van der Waals surface area contributed by atoms with Crippen LogP contribution in [0, 0.1) is 0 Å². The van der Waals surface area contributed by atoms with Crippen LogP contribution in [0.1, 0.15) is 83.1 Å². The fraction of sp³-hybridized carbons (Fsp3) is 0.520. The minimum Gasteiger partial charge on any atom is -0.870 e. The van der Waals surface area contributed by atoms with Crippen LogP contribution in [-0.2, 0) is 16.5 Å². The van der Waals surface area contributed by atoms with Crippen molar-refractivity contribution in [3.05, 3.63) is 48.0 Å². The summed E-state index contributed by atoms with van der Waals surface area (Å²) in [6.45, 7) is 2.25. The van der Waals surface area contributed by atoms with Crippen LogP contribution in [0.25, 0.3) is 0 Å². The van der Waals surface area contributed by atoms with Gasteiger partial charge in [-0.15, -0.1) is 0 Å². The van der Waals surface area contributed by atoms with Gasteiger partial charge in [0.25, 0.3) is 10.1 Å². The Morgan fingerprint density at radius 2 is 1.34 bits per heavy atom. The first-order valence-corrected chi connectivity index (χ1v) is 12.9. The van der Waals surface area contributed by atoms with Crippen LogP contribution in [0.15, 0.2) is 47.4 Å². The molecule has 0 bridgehead atoms. The first-order chi connectivity index (χ1) is 14.9. The number of hydrogen-bond donors (Lipinski definition) is 1. The van der Waals surface area contributed by atoms with E-state index in [9.17, 15) is 13.5 Å². The van der Waals surface area contributed by atoms with E-state index in [-0.39, 0.29) is 57.1 Å². The molecule has 5 nitrogen and oxygen atoms in total. The van der Waals surface area contributed by atoms with Gasteiger partial charge >= 0.3 is 51.4 Å². The monoisotopic (exact) mass is 486 g/mol. The summed E-state index contributed by atoms with van der Waals surface area (Å²) in [5.41, 5.74) is 1.23. The van der Waals surface area contributed by atoms with E-state index in [0.29, 0.717) is 5.75 Å². The summed E-state index contributed by atoms with van der Waals surface area (Å²) >= 11 is 0. The molecule has 0 heterocycles. The van der Waals surface area contributed by atoms with Gasteiger partial charge in [0, 0.05) is 0 Å². The molecule has 0 fully saturated rings. The van der Waals surface area contributed by atoms with Gasteiger partial charge in [-0.2, -0.15) is 8.42 Å². The smallest absolute Gasteiger partial charge is 0.870 e. The maximum absolute atomic E-state index is 12.0. The van der Waals surface area contributed by atoms with Gasteiger partial charge in [0.05, 0.1) is 4.90 Å². The summed E-state index contributed by atoms with van der Waals surface area (Å²) in [5.74, 6) is -0.0648. The van der Waals surface area contributed by atoms with Gasteiger partial charge in [-0.3, -0.25) is 4.55 Å². The van der Waals surface area contributed by atoms with Gasteiger partial charge in [0.1, 0.15) is 11.5 Å². The zero-order valence-corrected chi connectivity index (χ0v) is 23.5. The van der Waals surface area contributed by atoms with Crippen molar-refractivity contribution in [2.45, 2.75) is 88.9 Å². The molecule has 0 aromatic heterocycles. The summed E-state index contributed by atoms with van der Waals surface area (Å²) in [6, 6.07) is 10.8. The molecule has 0 unspecified atom stereocenters. The minimum absolute atomic E-state index is 0. The minimum atomic E-state index is -4.40. The van der Waals surface area contributed by atoms with Crippen molar-refractivity contribution in [3.8, 4) is 17.2 Å². The van der Waals surface area contributed by atoms with E-state index in [1.165, 1.54) is 82.3 Å². The first-order valence-electron chi connectivity index (χ1n) is 11.5. The second kappa shape index (κ2) is 16.3. The number of rotatable bonds is 15. The standard InChI is InChI=1S/C25H36O5S.K/c1-2-3-4-5-6-7-8-9-10-11-12-13-21-14-16-22(17-15-21)30-25-19-18-23(20-24(25)26)31(27,28)29;/h14-20,26H,2-13H2,1H3,(H,27,28,29);/q;+1/p-1. The molecule has 2 rings (SSSR count). The maximum Gasteiger partial charge on any atom is 1.00 e. The zero-order chi connectivity index (χ0) is 22.5. The third-order valence-electron chi connectivity index (χ3n) is 5.43. The van der Waals surface area contributed by atoms with Gasteiger partial charge in [0.2, 0.25) is 0 Å². The number of hydrogen-bond acceptors (Lipinski definition) is 4. The molecule has 0 atom stereocenters. The van der Waals surface area contributed by atoms with E-state index in [1.807, 2.05) is 24.3 Å². The van der Waals surface area contributed by atoms with Crippen LogP contribution in [0.4, 0.5) is 0 Å². The molecule has 0 radical (unpaired) electrons. The predicted molar refractivity (Wildman–Crippen MR) is 122 cm³/mol. The number of aryl methyl sites for hydroxylation is 1. The molecule has 0 saturated heterocycles. The van der Waals surface area contributed by atoms with Crippen molar-refractivity contribution in [2.75, 3.05) is 0 Å². The van der Waals surface area contributed by atoms with E-state index >= 15 is 0 Å². The summed E-state index contributed by atoms with van der Waals surface area (Å²) in [6.07, 6.45) is 15.6. The van der Waals surface area contributed by atoms with Crippen molar-refractivity contribution in [2.24, 2.45) is 0 Å². The number of benzene rings is 2. The Kier molecular flexibility index (Phi) is 15.0. The fourth-order valence-electron chi connectivity index (χ4n) is 3.58. The quantitative estimate of drug-likeness (QED) is 0.236. The second-order valence-corrected chi connectivity index (χ2v) is 9.54. The number of ether oxygens (including phenoxy) is 1. The summed E-state index contributed by atoms with van der Waals surface area (Å²) in [7, 11) is -4.40. The van der Waals surface area contributed by atoms with Crippen molar-refractivity contribution in [1.82, 2.24) is 0 Å². The molecular weight excluding hydrogens is 451 g/mol. The Hall–Kier alpha value is -0.414. The molecule has 172 valence electrons. The molecular formula is C25H35KO5S. The van der Waals surface area contributed by atoms with E-state index in [0.717, 1.165) is 18.6 Å². The summed E-state index contributed by atoms with van der Waals surface area (Å²) in [5, 5.41) is 12.0. The van der Waals surface area contributed by atoms with Crippen LogP contribution in [0.3, 0.4) is 0 Å². The Labute approximate surface area is 236 Å². The third-order valence-corrected chi connectivity index (χ3v) is 6.28.